The second kappa shape index (κ2) is 8.08. The Bertz CT molecular complexity index is 194. The van der Waals surface area contributed by atoms with Crippen LogP contribution in [-0.4, -0.2) is 16.2 Å². The predicted octanol–water partition coefficient (Wildman–Crippen LogP) is 4.33. The standard InChI is InChI=1S/C10H23O2PS2/c1-5-7-9(3)12-13(11,14)15-10(4)8-6-2/h9-10H,5-8H2,1-4H3,(H,11,14). The SMILES string of the molecule is CCCC(C)OP(O)(=S)SC(C)CCC. The third-order valence-corrected chi connectivity index (χ3v) is 6.67. The Hall–Kier alpha value is 0.920. The Morgan fingerprint density at radius 1 is 1.27 bits per heavy atom. The first-order valence-corrected chi connectivity index (χ1v) is 9.76. The zero-order valence-corrected chi connectivity index (χ0v) is 12.6. The quantitative estimate of drug-likeness (QED) is 0.665. The van der Waals surface area contributed by atoms with Gasteiger partial charge in [-0.25, -0.2) is 0 Å². The first kappa shape index (κ1) is 15.9. The van der Waals surface area contributed by atoms with Gasteiger partial charge in [0.05, 0.1) is 6.10 Å². The lowest BCUT2D eigenvalue weighted by molar-refractivity contribution is 0.216. The van der Waals surface area contributed by atoms with Crippen LogP contribution in [0.15, 0.2) is 0 Å². The molecule has 0 aromatic carbocycles. The normalized spacial score (nSPS) is 19.5. The molecular formula is C10H23O2PS2. The van der Waals surface area contributed by atoms with Crippen LogP contribution in [0.3, 0.4) is 0 Å². The van der Waals surface area contributed by atoms with E-state index in [1.165, 1.54) is 11.4 Å². The molecule has 2 nitrogen and oxygen atoms in total. The first-order valence-electron chi connectivity index (χ1n) is 5.60. The number of hydrogen-bond acceptors (Lipinski definition) is 3. The molecule has 5 heteroatoms. The second-order valence-electron chi connectivity index (χ2n) is 3.88. The maximum absolute atomic E-state index is 9.98. The van der Waals surface area contributed by atoms with Crippen LogP contribution >= 0.6 is 17.1 Å². The van der Waals surface area contributed by atoms with Crippen molar-refractivity contribution in [3.05, 3.63) is 0 Å². The van der Waals surface area contributed by atoms with E-state index in [1.54, 1.807) is 0 Å². The molecule has 0 amide bonds. The minimum absolute atomic E-state index is 0.0761. The van der Waals surface area contributed by atoms with E-state index in [-0.39, 0.29) is 6.10 Å². The fourth-order valence-corrected chi connectivity index (χ4v) is 6.84. The summed E-state index contributed by atoms with van der Waals surface area (Å²) in [6, 6.07) is 0. The van der Waals surface area contributed by atoms with E-state index >= 15 is 0 Å². The summed E-state index contributed by atoms with van der Waals surface area (Å²) in [5.74, 6) is 0. The van der Waals surface area contributed by atoms with E-state index in [0.717, 1.165) is 25.7 Å². The van der Waals surface area contributed by atoms with Crippen molar-refractivity contribution in [2.45, 2.75) is 64.7 Å². The predicted molar refractivity (Wildman–Crippen MR) is 73.9 cm³/mol. The topological polar surface area (TPSA) is 29.5 Å². The van der Waals surface area contributed by atoms with E-state index in [4.69, 9.17) is 16.3 Å². The van der Waals surface area contributed by atoms with Gasteiger partial charge in [-0.05, 0) is 31.6 Å². The molecule has 0 saturated heterocycles. The summed E-state index contributed by atoms with van der Waals surface area (Å²) in [5, 5.41) is 0.389. The largest absolute Gasteiger partial charge is 0.337 e. The van der Waals surface area contributed by atoms with Crippen molar-refractivity contribution in [3.63, 3.8) is 0 Å². The van der Waals surface area contributed by atoms with Crippen LogP contribution in [0.1, 0.15) is 53.4 Å². The average Bonchev–Trinajstić information content (AvgIpc) is 2.01. The fraction of sp³-hybridized carbons (Fsp3) is 1.00. The van der Waals surface area contributed by atoms with Crippen molar-refractivity contribution in [2.75, 3.05) is 0 Å². The van der Waals surface area contributed by atoms with Gasteiger partial charge in [-0.3, -0.25) is 0 Å². The fourth-order valence-electron chi connectivity index (χ4n) is 1.40. The lowest BCUT2D eigenvalue weighted by Crippen LogP contribution is -2.06. The molecule has 0 aliphatic rings. The van der Waals surface area contributed by atoms with Gasteiger partial charge < -0.3 is 9.42 Å². The lowest BCUT2D eigenvalue weighted by atomic mass is 10.2. The molecule has 15 heavy (non-hydrogen) atoms. The molecule has 0 spiro atoms. The van der Waals surface area contributed by atoms with Gasteiger partial charge >= 0.3 is 0 Å². The van der Waals surface area contributed by atoms with Gasteiger partial charge in [-0.1, -0.05) is 45.0 Å². The highest BCUT2D eigenvalue weighted by Gasteiger charge is 2.21. The van der Waals surface area contributed by atoms with Crippen molar-refractivity contribution >= 4 is 28.9 Å². The molecule has 0 heterocycles. The summed E-state index contributed by atoms with van der Waals surface area (Å²) in [5.41, 5.74) is -2.61. The maximum atomic E-state index is 9.98. The van der Waals surface area contributed by atoms with E-state index in [1.807, 2.05) is 6.92 Å². The third kappa shape index (κ3) is 8.70. The van der Waals surface area contributed by atoms with Crippen molar-refractivity contribution in [1.82, 2.24) is 0 Å². The van der Waals surface area contributed by atoms with Gasteiger partial charge in [0.25, 0.3) is 0 Å². The monoisotopic (exact) mass is 270 g/mol. The minimum atomic E-state index is -2.61. The van der Waals surface area contributed by atoms with E-state index in [2.05, 4.69) is 20.8 Å². The zero-order chi connectivity index (χ0) is 11.9. The summed E-state index contributed by atoms with van der Waals surface area (Å²) in [6.07, 6.45) is 4.29. The van der Waals surface area contributed by atoms with Crippen LogP contribution in [0, 0.1) is 0 Å². The van der Waals surface area contributed by atoms with Gasteiger partial charge in [0.15, 0.2) is 0 Å². The molecule has 0 saturated carbocycles. The maximum Gasteiger partial charge on any atom is 0.245 e. The van der Waals surface area contributed by atoms with Crippen LogP contribution in [-0.2, 0) is 16.3 Å². The Balaban J connectivity index is 4.00. The average molecular weight is 270 g/mol. The van der Waals surface area contributed by atoms with Crippen molar-refractivity contribution < 1.29 is 9.42 Å². The zero-order valence-electron chi connectivity index (χ0n) is 10.1. The second-order valence-corrected chi connectivity index (χ2v) is 10.3. The molecular weight excluding hydrogens is 247 g/mol. The molecule has 92 valence electrons. The molecule has 0 rings (SSSR count). The van der Waals surface area contributed by atoms with Gasteiger partial charge in [0, 0.05) is 5.25 Å². The van der Waals surface area contributed by atoms with Gasteiger partial charge in [0.1, 0.15) is 0 Å². The highest BCUT2D eigenvalue weighted by atomic mass is 32.9. The number of rotatable bonds is 8. The van der Waals surface area contributed by atoms with Crippen LogP contribution in [0.2, 0.25) is 0 Å². The molecule has 0 aliphatic heterocycles. The molecule has 0 radical (unpaired) electrons. The summed E-state index contributed by atoms with van der Waals surface area (Å²) >= 11 is 6.57. The van der Waals surface area contributed by atoms with Crippen LogP contribution < -0.4 is 0 Å². The molecule has 0 fully saturated rings. The lowest BCUT2D eigenvalue weighted by Gasteiger charge is -2.22. The molecule has 3 atom stereocenters. The molecule has 3 unspecified atom stereocenters. The van der Waals surface area contributed by atoms with Crippen LogP contribution in [0.4, 0.5) is 0 Å². The Kier molecular flexibility index (Phi) is 8.57. The van der Waals surface area contributed by atoms with Gasteiger partial charge in [-0.2, -0.15) is 0 Å². The minimum Gasteiger partial charge on any atom is -0.337 e. The van der Waals surface area contributed by atoms with Gasteiger partial charge in [0.2, 0.25) is 5.69 Å². The van der Waals surface area contributed by atoms with Crippen molar-refractivity contribution in [3.8, 4) is 0 Å². The summed E-state index contributed by atoms with van der Waals surface area (Å²) in [4.78, 5) is 9.98. The first-order chi connectivity index (χ1) is 6.91. The smallest absolute Gasteiger partial charge is 0.245 e. The Morgan fingerprint density at radius 2 is 1.80 bits per heavy atom. The third-order valence-electron chi connectivity index (χ3n) is 2.02. The van der Waals surface area contributed by atoms with Gasteiger partial charge in [-0.15, -0.1) is 0 Å². The van der Waals surface area contributed by atoms with E-state index in [9.17, 15) is 4.89 Å². The summed E-state index contributed by atoms with van der Waals surface area (Å²) in [7, 11) is 0. The highest BCUT2D eigenvalue weighted by Crippen LogP contribution is 2.59. The van der Waals surface area contributed by atoms with E-state index in [0.29, 0.717) is 5.25 Å². The molecule has 0 bridgehead atoms. The van der Waals surface area contributed by atoms with Crippen molar-refractivity contribution in [1.29, 1.82) is 0 Å². The summed E-state index contributed by atoms with van der Waals surface area (Å²) < 4.78 is 5.54. The Morgan fingerprint density at radius 3 is 2.27 bits per heavy atom. The van der Waals surface area contributed by atoms with Crippen LogP contribution in [0.5, 0.6) is 0 Å². The number of hydrogen-bond donors (Lipinski definition) is 1. The van der Waals surface area contributed by atoms with Crippen LogP contribution in [0.25, 0.3) is 0 Å². The summed E-state index contributed by atoms with van der Waals surface area (Å²) in [6.45, 7) is 8.32. The molecule has 0 aromatic heterocycles. The Labute approximate surface area is 103 Å². The molecule has 0 aliphatic carbocycles. The van der Waals surface area contributed by atoms with Crippen molar-refractivity contribution in [2.24, 2.45) is 0 Å². The molecule has 0 aromatic rings. The van der Waals surface area contributed by atoms with E-state index < -0.39 is 5.69 Å². The molecule has 1 N–H and O–H groups in total. The highest BCUT2D eigenvalue weighted by molar-refractivity contribution is 8.67.